The molecule has 0 spiro atoms. The zero-order valence-corrected chi connectivity index (χ0v) is 10.2. The summed E-state index contributed by atoms with van der Waals surface area (Å²) in [7, 11) is 1.63. The largest absolute Gasteiger partial charge is 0.465 e. The van der Waals surface area contributed by atoms with Crippen LogP contribution in [0.5, 0.6) is 0 Å². The fraction of sp³-hybridized carbons (Fsp3) is 0.125. The highest BCUT2D eigenvalue weighted by Crippen LogP contribution is 2.27. The van der Waals surface area contributed by atoms with Gasteiger partial charge in [0.15, 0.2) is 0 Å². The first-order chi connectivity index (χ1) is 7.27. The molecule has 0 amide bonds. The SMILES string of the molecule is COC(=O)c1cc(Cl)cc(F)c1S(=O)(=O)Cl. The van der Waals surface area contributed by atoms with Crippen LogP contribution in [0, 0.1) is 5.82 Å². The van der Waals surface area contributed by atoms with Crippen LogP contribution in [0.15, 0.2) is 17.0 Å². The van der Waals surface area contributed by atoms with E-state index in [1.807, 2.05) is 0 Å². The highest BCUT2D eigenvalue weighted by Gasteiger charge is 2.26. The molecule has 0 heterocycles. The van der Waals surface area contributed by atoms with Gasteiger partial charge in [-0.2, -0.15) is 0 Å². The quantitative estimate of drug-likeness (QED) is 0.618. The fourth-order valence-electron chi connectivity index (χ4n) is 1.07. The standard InChI is InChI=1S/C8H5Cl2FO4S/c1-15-8(12)5-2-4(9)3-6(11)7(5)16(10,13)14/h2-3H,1H3. The maximum absolute atomic E-state index is 13.3. The average molecular weight is 287 g/mol. The van der Waals surface area contributed by atoms with E-state index in [0.29, 0.717) is 0 Å². The van der Waals surface area contributed by atoms with Crippen LogP contribution in [0.25, 0.3) is 0 Å². The number of methoxy groups -OCH3 is 1. The predicted molar refractivity (Wildman–Crippen MR) is 55.8 cm³/mol. The van der Waals surface area contributed by atoms with E-state index in [-0.39, 0.29) is 5.02 Å². The van der Waals surface area contributed by atoms with Crippen molar-refractivity contribution in [2.75, 3.05) is 7.11 Å². The molecular formula is C8H5Cl2FO4S. The third-order valence-electron chi connectivity index (χ3n) is 1.66. The van der Waals surface area contributed by atoms with Crippen molar-refractivity contribution < 1.29 is 22.3 Å². The molecule has 0 N–H and O–H groups in total. The number of carbonyl (C=O) groups excluding carboxylic acids is 1. The second-order valence-corrected chi connectivity index (χ2v) is 5.63. The fourth-order valence-corrected chi connectivity index (χ4v) is 2.44. The molecule has 0 aliphatic heterocycles. The Labute approximate surface area is 100 Å². The lowest BCUT2D eigenvalue weighted by molar-refractivity contribution is 0.0595. The van der Waals surface area contributed by atoms with Gasteiger partial charge in [-0.15, -0.1) is 0 Å². The number of hydrogen-bond donors (Lipinski definition) is 0. The molecule has 0 aliphatic rings. The number of ether oxygens (including phenoxy) is 1. The van der Waals surface area contributed by atoms with E-state index < -0.39 is 31.3 Å². The Bertz CT molecular complexity index is 541. The summed E-state index contributed by atoms with van der Waals surface area (Å²) in [5, 5.41) is -0.137. The summed E-state index contributed by atoms with van der Waals surface area (Å²) in [5.41, 5.74) is -0.539. The molecule has 16 heavy (non-hydrogen) atoms. The van der Waals surface area contributed by atoms with Crippen LogP contribution in [0.2, 0.25) is 5.02 Å². The molecule has 0 fully saturated rings. The van der Waals surface area contributed by atoms with Crippen LogP contribution in [-0.2, 0) is 13.8 Å². The molecule has 8 heteroatoms. The zero-order chi connectivity index (χ0) is 12.5. The van der Waals surface area contributed by atoms with Crippen LogP contribution in [-0.4, -0.2) is 21.5 Å². The molecule has 0 radical (unpaired) electrons. The van der Waals surface area contributed by atoms with Crippen molar-refractivity contribution >= 4 is 37.3 Å². The Morgan fingerprint density at radius 2 is 2.00 bits per heavy atom. The Morgan fingerprint density at radius 1 is 1.44 bits per heavy atom. The first-order valence-electron chi connectivity index (χ1n) is 3.79. The summed E-state index contributed by atoms with van der Waals surface area (Å²) in [4.78, 5) is 10.3. The minimum atomic E-state index is -4.40. The minimum absolute atomic E-state index is 0.137. The van der Waals surface area contributed by atoms with Gasteiger partial charge in [0.25, 0.3) is 9.05 Å². The average Bonchev–Trinajstić information content (AvgIpc) is 2.12. The third-order valence-corrected chi connectivity index (χ3v) is 3.24. The molecule has 0 saturated carbocycles. The molecule has 0 atom stereocenters. The summed E-state index contributed by atoms with van der Waals surface area (Å²) >= 11 is 5.49. The highest BCUT2D eigenvalue weighted by atomic mass is 35.7. The van der Waals surface area contributed by atoms with Gasteiger partial charge < -0.3 is 4.74 Å². The van der Waals surface area contributed by atoms with Gasteiger partial charge in [-0.1, -0.05) is 11.6 Å². The molecule has 0 saturated heterocycles. The molecular weight excluding hydrogens is 282 g/mol. The van der Waals surface area contributed by atoms with Crippen LogP contribution < -0.4 is 0 Å². The molecule has 1 aromatic carbocycles. The van der Waals surface area contributed by atoms with Crippen LogP contribution in [0.3, 0.4) is 0 Å². The summed E-state index contributed by atoms with van der Waals surface area (Å²) in [6.07, 6.45) is 0. The van der Waals surface area contributed by atoms with E-state index in [0.717, 1.165) is 19.2 Å². The van der Waals surface area contributed by atoms with E-state index in [1.165, 1.54) is 0 Å². The predicted octanol–water partition coefficient (Wildman–Crippen LogP) is 2.19. The van der Waals surface area contributed by atoms with Gasteiger partial charge in [0.2, 0.25) is 0 Å². The van der Waals surface area contributed by atoms with Crippen molar-refractivity contribution in [3.8, 4) is 0 Å². The highest BCUT2D eigenvalue weighted by molar-refractivity contribution is 8.13. The number of halogens is 3. The van der Waals surface area contributed by atoms with E-state index in [2.05, 4.69) is 4.74 Å². The Kier molecular flexibility index (Phi) is 3.77. The first-order valence-corrected chi connectivity index (χ1v) is 6.48. The normalized spacial score (nSPS) is 11.2. The second-order valence-electron chi connectivity index (χ2n) is 2.69. The van der Waals surface area contributed by atoms with E-state index in [4.69, 9.17) is 22.3 Å². The van der Waals surface area contributed by atoms with Crippen LogP contribution in [0.4, 0.5) is 4.39 Å². The number of rotatable bonds is 2. The summed E-state index contributed by atoms with van der Waals surface area (Å²) in [6.45, 7) is 0. The van der Waals surface area contributed by atoms with Crippen LogP contribution in [0.1, 0.15) is 10.4 Å². The minimum Gasteiger partial charge on any atom is -0.465 e. The molecule has 0 unspecified atom stereocenters. The number of esters is 1. The number of carbonyl (C=O) groups is 1. The zero-order valence-electron chi connectivity index (χ0n) is 7.83. The van der Waals surface area contributed by atoms with Crippen molar-refractivity contribution in [2.24, 2.45) is 0 Å². The van der Waals surface area contributed by atoms with Crippen molar-refractivity contribution in [2.45, 2.75) is 4.90 Å². The lowest BCUT2D eigenvalue weighted by atomic mass is 10.2. The Balaban J connectivity index is 3.64. The van der Waals surface area contributed by atoms with Crippen molar-refractivity contribution in [1.82, 2.24) is 0 Å². The summed E-state index contributed by atoms with van der Waals surface area (Å²) in [5.74, 6) is -2.25. The van der Waals surface area contributed by atoms with E-state index in [1.54, 1.807) is 0 Å². The second kappa shape index (κ2) is 4.57. The maximum atomic E-state index is 13.3. The first kappa shape index (κ1) is 13.2. The summed E-state index contributed by atoms with van der Waals surface area (Å²) in [6, 6.07) is 1.70. The lowest BCUT2D eigenvalue weighted by Gasteiger charge is -2.06. The van der Waals surface area contributed by atoms with Gasteiger partial charge in [0.1, 0.15) is 10.7 Å². The topological polar surface area (TPSA) is 60.4 Å². The molecule has 0 aromatic heterocycles. The monoisotopic (exact) mass is 286 g/mol. The van der Waals surface area contributed by atoms with E-state index in [9.17, 15) is 17.6 Å². The Morgan fingerprint density at radius 3 is 2.44 bits per heavy atom. The molecule has 1 aromatic rings. The third kappa shape index (κ3) is 2.63. The van der Waals surface area contributed by atoms with E-state index >= 15 is 0 Å². The smallest absolute Gasteiger partial charge is 0.339 e. The molecule has 88 valence electrons. The molecule has 4 nitrogen and oxygen atoms in total. The molecule has 0 bridgehead atoms. The lowest BCUT2D eigenvalue weighted by Crippen LogP contribution is -2.09. The maximum Gasteiger partial charge on any atom is 0.339 e. The van der Waals surface area contributed by atoms with Crippen molar-refractivity contribution in [3.05, 3.63) is 28.5 Å². The number of benzene rings is 1. The molecule has 0 aliphatic carbocycles. The van der Waals surface area contributed by atoms with Crippen molar-refractivity contribution in [1.29, 1.82) is 0 Å². The summed E-state index contributed by atoms with van der Waals surface area (Å²) < 4.78 is 39.8. The van der Waals surface area contributed by atoms with Gasteiger partial charge >= 0.3 is 5.97 Å². The van der Waals surface area contributed by atoms with Gasteiger partial charge in [-0.05, 0) is 12.1 Å². The van der Waals surface area contributed by atoms with Gasteiger partial charge in [0.05, 0.1) is 12.7 Å². The van der Waals surface area contributed by atoms with Gasteiger partial charge in [-0.3, -0.25) is 0 Å². The number of hydrogen-bond acceptors (Lipinski definition) is 4. The van der Waals surface area contributed by atoms with Gasteiger partial charge in [-0.25, -0.2) is 17.6 Å². The molecule has 1 rings (SSSR count). The Hall–Kier alpha value is -0.850. The van der Waals surface area contributed by atoms with Crippen molar-refractivity contribution in [3.63, 3.8) is 0 Å². The van der Waals surface area contributed by atoms with Crippen LogP contribution >= 0.6 is 22.3 Å². The van der Waals surface area contributed by atoms with Gasteiger partial charge in [0, 0.05) is 15.7 Å².